The summed E-state index contributed by atoms with van der Waals surface area (Å²) in [4.78, 5) is 11.7. The van der Waals surface area contributed by atoms with Crippen LogP contribution < -0.4 is 14.8 Å². The maximum Gasteiger partial charge on any atom is 0.258 e. The molecule has 1 amide bonds. The smallest absolute Gasteiger partial charge is 0.258 e. The van der Waals surface area contributed by atoms with Gasteiger partial charge in [-0.3, -0.25) is 4.79 Å². The third-order valence-electron chi connectivity index (χ3n) is 2.97. The summed E-state index contributed by atoms with van der Waals surface area (Å²) in [6, 6.07) is 12.9. The average Bonchev–Trinajstić information content (AvgIpc) is 2.52. The Labute approximate surface area is 148 Å². The third-order valence-corrected chi connectivity index (χ3v) is 3.82. The van der Waals surface area contributed by atoms with E-state index in [2.05, 4.69) is 21.2 Å². The van der Waals surface area contributed by atoms with E-state index >= 15 is 0 Å². The zero-order valence-corrected chi connectivity index (χ0v) is 15.0. The fourth-order valence-corrected chi connectivity index (χ4v) is 2.58. The molecule has 0 radical (unpaired) electrons. The van der Waals surface area contributed by atoms with Crippen molar-refractivity contribution in [2.24, 2.45) is 0 Å². The van der Waals surface area contributed by atoms with Gasteiger partial charge >= 0.3 is 0 Å². The molecular formula is C17H17BrClNO3. The van der Waals surface area contributed by atoms with E-state index in [0.717, 1.165) is 5.75 Å². The number of rotatable bonds is 7. The van der Waals surface area contributed by atoms with Crippen LogP contribution in [0.15, 0.2) is 46.9 Å². The van der Waals surface area contributed by atoms with Crippen LogP contribution in [0.3, 0.4) is 0 Å². The van der Waals surface area contributed by atoms with Gasteiger partial charge in [-0.1, -0.05) is 29.3 Å². The summed E-state index contributed by atoms with van der Waals surface area (Å²) >= 11 is 9.18. The van der Waals surface area contributed by atoms with Gasteiger partial charge in [-0.25, -0.2) is 0 Å². The first-order valence-electron chi connectivity index (χ1n) is 7.08. The number of nitrogens with one attached hydrogen (secondary N) is 1. The Balaban J connectivity index is 1.66. The summed E-state index contributed by atoms with van der Waals surface area (Å²) in [7, 11) is 0. The summed E-state index contributed by atoms with van der Waals surface area (Å²) in [5.74, 6) is 1.14. The topological polar surface area (TPSA) is 47.6 Å². The van der Waals surface area contributed by atoms with Crippen LogP contribution in [0.1, 0.15) is 5.56 Å². The highest BCUT2D eigenvalue weighted by atomic mass is 79.9. The number of amides is 1. The third kappa shape index (κ3) is 6.12. The van der Waals surface area contributed by atoms with E-state index in [1.54, 1.807) is 18.2 Å². The van der Waals surface area contributed by atoms with Crippen LogP contribution in [0.4, 0.5) is 0 Å². The van der Waals surface area contributed by atoms with Crippen LogP contribution in [-0.2, 0) is 4.79 Å². The molecule has 0 heterocycles. The highest BCUT2D eigenvalue weighted by Gasteiger charge is 2.06. The van der Waals surface area contributed by atoms with Crippen molar-refractivity contribution in [2.45, 2.75) is 6.92 Å². The van der Waals surface area contributed by atoms with E-state index in [1.165, 1.54) is 5.56 Å². The van der Waals surface area contributed by atoms with E-state index < -0.39 is 0 Å². The first-order chi connectivity index (χ1) is 11.0. The molecule has 4 nitrogen and oxygen atoms in total. The van der Waals surface area contributed by atoms with Gasteiger partial charge < -0.3 is 14.8 Å². The number of ether oxygens (including phenoxy) is 2. The van der Waals surface area contributed by atoms with Crippen LogP contribution in [0.25, 0.3) is 0 Å². The molecule has 2 rings (SSSR count). The number of benzene rings is 2. The molecule has 0 fully saturated rings. The van der Waals surface area contributed by atoms with Gasteiger partial charge in [0.1, 0.15) is 18.1 Å². The Morgan fingerprint density at radius 2 is 1.91 bits per heavy atom. The Kier molecular flexibility index (Phi) is 6.74. The van der Waals surface area contributed by atoms with Gasteiger partial charge in [0.2, 0.25) is 0 Å². The molecular weight excluding hydrogens is 382 g/mol. The van der Waals surface area contributed by atoms with Gasteiger partial charge in [-0.15, -0.1) is 0 Å². The second kappa shape index (κ2) is 8.79. The second-order valence-corrected chi connectivity index (χ2v) is 6.17. The molecule has 6 heteroatoms. The molecule has 23 heavy (non-hydrogen) atoms. The van der Waals surface area contributed by atoms with Crippen LogP contribution in [0.2, 0.25) is 5.02 Å². The normalized spacial score (nSPS) is 10.2. The zero-order valence-electron chi connectivity index (χ0n) is 12.6. The lowest BCUT2D eigenvalue weighted by Gasteiger charge is -2.10. The Morgan fingerprint density at radius 1 is 1.17 bits per heavy atom. The first kappa shape index (κ1) is 17.6. The summed E-state index contributed by atoms with van der Waals surface area (Å²) in [6.45, 7) is 2.77. The van der Waals surface area contributed by atoms with Crippen LogP contribution >= 0.6 is 27.5 Å². The Hall–Kier alpha value is -1.72. The van der Waals surface area contributed by atoms with Crippen molar-refractivity contribution < 1.29 is 14.3 Å². The number of hydrogen-bond donors (Lipinski definition) is 1. The zero-order chi connectivity index (χ0) is 16.7. The lowest BCUT2D eigenvalue weighted by Crippen LogP contribution is -2.32. The van der Waals surface area contributed by atoms with E-state index in [-0.39, 0.29) is 12.5 Å². The van der Waals surface area contributed by atoms with E-state index in [1.807, 2.05) is 31.2 Å². The second-order valence-electron chi connectivity index (χ2n) is 4.87. The molecule has 0 aromatic heterocycles. The van der Waals surface area contributed by atoms with Crippen molar-refractivity contribution >= 4 is 33.4 Å². The molecule has 0 unspecified atom stereocenters. The minimum Gasteiger partial charge on any atom is -0.492 e. The summed E-state index contributed by atoms with van der Waals surface area (Å²) in [6.07, 6.45) is 0. The minimum atomic E-state index is -0.209. The highest BCUT2D eigenvalue weighted by molar-refractivity contribution is 9.10. The molecule has 0 saturated heterocycles. The minimum absolute atomic E-state index is 0.0647. The SMILES string of the molecule is Cc1ccc(OCCNC(=O)COc2ccc(Cl)cc2Br)cc1. The van der Waals surface area contributed by atoms with Gasteiger partial charge in [0.15, 0.2) is 6.61 Å². The van der Waals surface area contributed by atoms with Crippen molar-refractivity contribution in [1.82, 2.24) is 5.32 Å². The van der Waals surface area contributed by atoms with Gasteiger partial charge in [-0.2, -0.15) is 0 Å². The van der Waals surface area contributed by atoms with Gasteiger partial charge in [0.25, 0.3) is 5.91 Å². The molecule has 2 aromatic carbocycles. The Bertz CT molecular complexity index is 661. The molecule has 0 saturated carbocycles. The van der Waals surface area contributed by atoms with Crippen LogP contribution in [0.5, 0.6) is 11.5 Å². The standard InChI is InChI=1S/C17H17BrClNO3/c1-12-2-5-14(6-3-12)22-9-8-20-17(21)11-23-16-7-4-13(19)10-15(16)18/h2-7,10H,8-9,11H2,1H3,(H,20,21). The highest BCUT2D eigenvalue weighted by Crippen LogP contribution is 2.27. The lowest BCUT2D eigenvalue weighted by atomic mass is 10.2. The van der Waals surface area contributed by atoms with Crippen LogP contribution in [-0.4, -0.2) is 25.7 Å². The molecule has 2 aromatic rings. The molecule has 0 aliphatic heterocycles. The van der Waals surface area contributed by atoms with Gasteiger partial charge in [0, 0.05) is 5.02 Å². The maximum atomic E-state index is 11.7. The van der Waals surface area contributed by atoms with E-state index in [4.69, 9.17) is 21.1 Å². The fourth-order valence-electron chi connectivity index (χ4n) is 1.78. The number of halogens is 2. The molecule has 1 N–H and O–H groups in total. The predicted molar refractivity (Wildman–Crippen MR) is 94.3 cm³/mol. The first-order valence-corrected chi connectivity index (χ1v) is 8.26. The van der Waals surface area contributed by atoms with Gasteiger partial charge in [-0.05, 0) is 53.2 Å². The van der Waals surface area contributed by atoms with Crippen molar-refractivity contribution in [3.8, 4) is 11.5 Å². The number of carbonyl (C=O) groups excluding carboxylic acids is 1. The molecule has 0 aliphatic carbocycles. The van der Waals surface area contributed by atoms with E-state index in [0.29, 0.717) is 28.4 Å². The molecule has 122 valence electrons. The fraction of sp³-hybridized carbons (Fsp3) is 0.235. The summed E-state index contributed by atoms with van der Waals surface area (Å²) in [5.41, 5.74) is 1.18. The average molecular weight is 399 g/mol. The summed E-state index contributed by atoms with van der Waals surface area (Å²) in [5, 5.41) is 3.33. The number of aryl methyl sites for hydroxylation is 1. The summed E-state index contributed by atoms with van der Waals surface area (Å²) < 4.78 is 11.7. The van der Waals surface area contributed by atoms with Crippen molar-refractivity contribution in [3.05, 3.63) is 57.5 Å². The largest absolute Gasteiger partial charge is 0.492 e. The molecule has 0 aliphatic rings. The van der Waals surface area contributed by atoms with Crippen molar-refractivity contribution in [3.63, 3.8) is 0 Å². The Morgan fingerprint density at radius 3 is 2.61 bits per heavy atom. The van der Waals surface area contributed by atoms with Crippen molar-refractivity contribution in [1.29, 1.82) is 0 Å². The quantitative estimate of drug-likeness (QED) is 0.718. The van der Waals surface area contributed by atoms with Crippen LogP contribution in [0, 0.1) is 6.92 Å². The monoisotopic (exact) mass is 397 g/mol. The van der Waals surface area contributed by atoms with E-state index in [9.17, 15) is 4.79 Å². The maximum absolute atomic E-state index is 11.7. The molecule has 0 atom stereocenters. The number of carbonyl (C=O) groups is 1. The molecule has 0 bridgehead atoms. The van der Waals surface area contributed by atoms with Gasteiger partial charge in [0.05, 0.1) is 11.0 Å². The van der Waals surface area contributed by atoms with Crippen molar-refractivity contribution in [2.75, 3.05) is 19.8 Å². The lowest BCUT2D eigenvalue weighted by molar-refractivity contribution is -0.123. The number of hydrogen-bond acceptors (Lipinski definition) is 3. The molecule has 0 spiro atoms. The predicted octanol–water partition coefficient (Wildman–Crippen LogP) is 3.98.